The van der Waals surface area contributed by atoms with Gasteiger partial charge in [0, 0.05) is 11.3 Å². The van der Waals surface area contributed by atoms with Gasteiger partial charge < -0.3 is 5.32 Å². The molecule has 3 heteroatoms. The molecule has 0 radical (unpaired) electrons. The van der Waals surface area contributed by atoms with Gasteiger partial charge in [-0.3, -0.25) is 4.99 Å². The van der Waals surface area contributed by atoms with Gasteiger partial charge in [0.1, 0.15) is 0 Å². The van der Waals surface area contributed by atoms with Crippen molar-refractivity contribution in [2.75, 3.05) is 5.75 Å². The lowest BCUT2D eigenvalue weighted by atomic mass is 9.86. The molecule has 2 atom stereocenters. The molecule has 1 heterocycles. The normalized spacial score (nSPS) is 34.9. The van der Waals surface area contributed by atoms with E-state index >= 15 is 0 Å². The Hall–Kier alpha value is -0.180. The van der Waals surface area contributed by atoms with Crippen molar-refractivity contribution in [1.82, 2.24) is 5.32 Å². The fourth-order valence-corrected chi connectivity index (χ4v) is 4.24. The summed E-state index contributed by atoms with van der Waals surface area (Å²) < 4.78 is 0. The highest BCUT2D eigenvalue weighted by atomic mass is 32.2. The number of nitrogens with zero attached hydrogens (tertiary/aromatic N) is 1. The molecule has 0 bridgehead atoms. The average molecular weight is 254 g/mol. The van der Waals surface area contributed by atoms with Crippen molar-refractivity contribution in [3.63, 3.8) is 0 Å². The summed E-state index contributed by atoms with van der Waals surface area (Å²) in [7, 11) is 0. The highest BCUT2D eigenvalue weighted by molar-refractivity contribution is 8.14. The molecule has 1 saturated carbocycles. The molecule has 0 aromatic carbocycles. The van der Waals surface area contributed by atoms with Crippen LogP contribution in [-0.4, -0.2) is 22.5 Å². The van der Waals surface area contributed by atoms with E-state index in [1.54, 1.807) is 0 Å². The lowest BCUT2D eigenvalue weighted by molar-refractivity contribution is 0.331. The fraction of sp³-hybridized carbons (Fsp3) is 0.929. The van der Waals surface area contributed by atoms with Gasteiger partial charge in [0.05, 0.1) is 6.04 Å². The van der Waals surface area contributed by atoms with Crippen molar-refractivity contribution >= 4 is 16.9 Å². The third-order valence-electron chi connectivity index (χ3n) is 4.56. The highest BCUT2D eigenvalue weighted by Gasteiger charge is 2.34. The van der Waals surface area contributed by atoms with Crippen LogP contribution in [0, 0.1) is 5.92 Å². The first-order chi connectivity index (χ1) is 8.19. The van der Waals surface area contributed by atoms with E-state index < -0.39 is 0 Å². The minimum atomic E-state index is 0.321. The maximum absolute atomic E-state index is 4.98. The molecule has 1 aliphatic carbocycles. The van der Waals surface area contributed by atoms with Gasteiger partial charge in [0.2, 0.25) is 0 Å². The number of thioether (sulfide) groups is 1. The second-order valence-corrected chi connectivity index (χ2v) is 6.63. The van der Waals surface area contributed by atoms with E-state index in [-0.39, 0.29) is 0 Å². The Morgan fingerprint density at radius 1 is 1.29 bits per heavy atom. The van der Waals surface area contributed by atoms with E-state index in [1.807, 2.05) is 11.8 Å². The number of hydrogen-bond acceptors (Lipinski definition) is 2. The molecule has 0 spiro atoms. The summed E-state index contributed by atoms with van der Waals surface area (Å²) in [5, 5.41) is 4.90. The van der Waals surface area contributed by atoms with Crippen molar-refractivity contribution < 1.29 is 0 Å². The van der Waals surface area contributed by atoms with Crippen LogP contribution in [0.4, 0.5) is 0 Å². The van der Waals surface area contributed by atoms with Crippen molar-refractivity contribution in [3.05, 3.63) is 0 Å². The third kappa shape index (κ3) is 2.98. The lowest BCUT2D eigenvalue weighted by Gasteiger charge is -2.27. The Balaban J connectivity index is 1.99. The fourth-order valence-electron chi connectivity index (χ4n) is 2.85. The van der Waals surface area contributed by atoms with E-state index in [2.05, 4.69) is 26.1 Å². The van der Waals surface area contributed by atoms with E-state index in [0.29, 0.717) is 11.6 Å². The number of hydrogen-bond donors (Lipinski definition) is 1. The van der Waals surface area contributed by atoms with Crippen molar-refractivity contribution in [2.45, 2.75) is 70.9 Å². The Kier molecular flexibility index (Phi) is 4.40. The number of aliphatic imine (C=N–C) groups is 1. The molecule has 2 fully saturated rings. The summed E-state index contributed by atoms with van der Waals surface area (Å²) >= 11 is 1.93. The average Bonchev–Trinajstić information content (AvgIpc) is 2.76. The standard InChI is InChI=1S/C14H26N2S/c1-4-14(5-2)10-17-13(16-14)15-12-9-7-6-8-11(12)3/h11-12H,4-10H2,1-3H3,(H,15,16). The van der Waals surface area contributed by atoms with Crippen LogP contribution in [0.15, 0.2) is 4.99 Å². The number of rotatable bonds is 3. The molecule has 2 aliphatic rings. The maximum atomic E-state index is 4.98. The van der Waals surface area contributed by atoms with Crippen molar-refractivity contribution in [2.24, 2.45) is 10.9 Å². The molecule has 0 aromatic heterocycles. The SMILES string of the molecule is CCC1(CC)CSC(=NC2CCCCC2C)N1. The van der Waals surface area contributed by atoms with Crippen molar-refractivity contribution in [1.29, 1.82) is 0 Å². The largest absolute Gasteiger partial charge is 0.359 e. The van der Waals surface area contributed by atoms with Crippen LogP contribution in [-0.2, 0) is 0 Å². The molecule has 1 saturated heterocycles. The summed E-state index contributed by atoms with van der Waals surface area (Å²) in [6.45, 7) is 6.92. The highest BCUT2D eigenvalue weighted by Crippen LogP contribution is 2.32. The van der Waals surface area contributed by atoms with Crippen LogP contribution in [0.3, 0.4) is 0 Å². The molecule has 0 aromatic rings. The molecular weight excluding hydrogens is 228 g/mol. The summed E-state index contributed by atoms with van der Waals surface area (Å²) in [6, 6.07) is 0.572. The topological polar surface area (TPSA) is 24.4 Å². The van der Waals surface area contributed by atoms with Gasteiger partial charge in [-0.15, -0.1) is 0 Å². The first-order valence-corrected chi connectivity index (χ1v) is 8.16. The second kappa shape index (κ2) is 5.64. The molecular formula is C14H26N2S. The number of nitrogens with one attached hydrogen (secondary N) is 1. The minimum Gasteiger partial charge on any atom is -0.359 e. The Morgan fingerprint density at radius 3 is 2.59 bits per heavy atom. The van der Waals surface area contributed by atoms with Gasteiger partial charge >= 0.3 is 0 Å². The van der Waals surface area contributed by atoms with Gasteiger partial charge in [0.15, 0.2) is 5.17 Å². The monoisotopic (exact) mass is 254 g/mol. The Labute approximate surface area is 110 Å². The number of amidine groups is 1. The van der Waals surface area contributed by atoms with Gasteiger partial charge in [-0.1, -0.05) is 45.4 Å². The van der Waals surface area contributed by atoms with E-state index in [4.69, 9.17) is 4.99 Å². The lowest BCUT2D eigenvalue weighted by Crippen LogP contribution is -2.42. The quantitative estimate of drug-likeness (QED) is 0.828. The smallest absolute Gasteiger partial charge is 0.157 e. The molecule has 2 nitrogen and oxygen atoms in total. The zero-order valence-corrected chi connectivity index (χ0v) is 12.3. The van der Waals surface area contributed by atoms with Gasteiger partial charge in [-0.25, -0.2) is 0 Å². The van der Waals surface area contributed by atoms with E-state index in [1.165, 1.54) is 49.4 Å². The van der Waals surface area contributed by atoms with Crippen LogP contribution in [0.1, 0.15) is 59.3 Å². The van der Waals surface area contributed by atoms with E-state index in [9.17, 15) is 0 Å². The first kappa shape index (κ1) is 13.3. The van der Waals surface area contributed by atoms with Crippen molar-refractivity contribution in [3.8, 4) is 0 Å². The molecule has 17 heavy (non-hydrogen) atoms. The summed E-state index contributed by atoms with van der Waals surface area (Å²) in [6.07, 6.45) is 7.82. The van der Waals surface area contributed by atoms with Crippen LogP contribution in [0.2, 0.25) is 0 Å². The van der Waals surface area contributed by atoms with Crippen LogP contribution < -0.4 is 5.32 Å². The molecule has 98 valence electrons. The predicted octanol–water partition coefficient (Wildman–Crippen LogP) is 3.82. The Bertz CT molecular complexity index is 284. The zero-order chi connectivity index (χ0) is 12.3. The van der Waals surface area contributed by atoms with Crippen LogP contribution in [0.25, 0.3) is 0 Å². The molecule has 1 N–H and O–H groups in total. The summed E-state index contributed by atoms with van der Waals surface area (Å²) in [4.78, 5) is 4.98. The summed E-state index contributed by atoms with van der Waals surface area (Å²) in [5.74, 6) is 1.97. The molecule has 1 aliphatic heterocycles. The predicted molar refractivity (Wildman–Crippen MR) is 77.8 cm³/mol. The second-order valence-electron chi connectivity index (χ2n) is 5.66. The molecule has 2 rings (SSSR count). The Morgan fingerprint density at radius 2 is 2.00 bits per heavy atom. The van der Waals surface area contributed by atoms with Gasteiger partial charge in [-0.05, 0) is 31.6 Å². The first-order valence-electron chi connectivity index (χ1n) is 7.18. The van der Waals surface area contributed by atoms with E-state index in [0.717, 1.165) is 5.92 Å². The third-order valence-corrected chi connectivity index (χ3v) is 5.74. The molecule has 2 unspecified atom stereocenters. The maximum Gasteiger partial charge on any atom is 0.157 e. The van der Waals surface area contributed by atoms with Crippen LogP contribution >= 0.6 is 11.8 Å². The van der Waals surface area contributed by atoms with Gasteiger partial charge in [0.25, 0.3) is 0 Å². The van der Waals surface area contributed by atoms with Gasteiger partial charge in [-0.2, -0.15) is 0 Å². The summed E-state index contributed by atoms with van der Waals surface area (Å²) in [5.41, 5.74) is 0.321. The minimum absolute atomic E-state index is 0.321. The van der Waals surface area contributed by atoms with Crippen LogP contribution in [0.5, 0.6) is 0 Å². The molecule has 0 amide bonds. The zero-order valence-electron chi connectivity index (χ0n) is 11.5.